The summed E-state index contributed by atoms with van der Waals surface area (Å²) < 4.78 is 1.04. The van der Waals surface area contributed by atoms with Crippen LogP contribution in [0.2, 0.25) is 0 Å². The van der Waals surface area contributed by atoms with Gasteiger partial charge in [0.15, 0.2) is 0 Å². The minimum absolute atomic E-state index is 0.335. The first-order valence-corrected chi connectivity index (χ1v) is 7.12. The van der Waals surface area contributed by atoms with Crippen molar-refractivity contribution in [1.29, 1.82) is 0 Å². The van der Waals surface area contributed by atoms with Gasteiger partial charge in [0.05, 0.1) is 0 Å². The summed E-state index contributed by atoms with van der Waals surface area (Å²) in [5.41, 5.74) is 1.16. The maximum atomic E-state index is 6.39. The highest BCUT2D eigenvalue weighted by Crippen LogP contribution is 2.34. The molecule has 1 nitrogen and oxygen atoms in total. The van der Waals surface area contributed by atoms with Gasteiger partial charge in [-0.15, -0.1) is 11.6 Å². The van der Waals surface area contributed by atoms with E-state index in [2.05, 4.69) is 40.0 Å². The largest absolute Gasteiger partial charge is 0.260 e. The van der Waals surface area contributed by atoms with Crippen molar-refractivity contribution in [3.63, 3.8) is 0 Å². The summed E-state index contributed by atoms with van der Waals surface area (Å²) >= 11 is 9.80. The number of hydrogen-bond donors (Lipinski definition) is 0. The molecule has 1 aromatic rings. The summed E-state index contributed by atoms with van der Waals surface area (Å²) in [6.07, 6.45) is 6.56. The fraction of sp³-hybridized carbons (Fsp3) is 0.615. The molecule has 0 saturated heterocycles. The third-order valence-corrected chi connectivity index (χ3v) is 4.46. The normalized spacial score (nSPS) is 30.3. The van der Waals surface area contributed by atoms with Gasteiger partial charge >= 0.3 is 0 Å². The number of nitrogens with zero attached hydrogens (tertiary/aromatic N) is 1. The zero-order chi connectivity index (χ0) is 11.5. The fourth-order valence-electron chi connectivity index (χ4n) is 2.47. The second kappa shape index (κ2) is 5.50. The molecule has 3 heteroatoms. The molecule has 0 amide bonds. The van der Waals surface area contributed by atoms with Crippen LogP contribution in [-0.2, 0) is 6.42 Å². The highest BCUT2D eigenvalue weighted by Gasteiger charge is 2.27. The Hall–Kier alpha value is -0.0800. The molecule has 1 aliphatic carbocycles. The molecule has 0 bridgehead atoms. The first-order valence-electron chi connectivity index (χ1n) is 5.89. The van der Waals surface area contributed by atoms with E-state index in [4.69, 9.17) is 11.6 Å². The van der Waals surface area contributed by atoms with Gasteiger partial charge < -0.3 is 0 Å². The average molecular weight is 303 g/mol. The van der Waals surface area contributed by atoms with Gasteiger partial charge in [0.1, 0.15) is 0 Å². The van der Waals surface area contributed by atoms with Crippen LogP contribution in [0.5, 0.6) is 0 Å². The Bertz CT molecular complexity index is 338. The predicted octanol–water partition coefficient (Wildman–Crippen LogP) is 4.43. The van der Waals surface area contributed by atoms with Gasteiger partial charge in [-0.25, -0.2) is 0 Å². The monoisotopic (exact) mass is 301 g/mol. The van der Waals surface area contributed by atoms with Crippen molar-refractivity contribution in [2.45, 2.75) is 38.0 Å². The standard InChI is InChI=1S/C13H17BrClN/c1-9-2-5-13(15)10(6-9)7-12-4-3-11(14)8-16-12/h3-4,8-10,13H,2,5-7H2,1H3. The van der Waals surface area contributed by atoms with E-state index in [1.807, 2.05) is 6.20 Å². The van der Waals surface area contributed by atoms with Crippen molar-refractivity contribution in [3.05, 3.63) is 28.5 Å². The van der Waals surface area contributed by atoms with Gasteiger partial charge in [-0.3, -0.25) is 4.98 Å². The second-order valence-corrected chi connectivity index (χ2v) is 6.34. The van der Waals surface area contributed by atoms with Crippen molar-refractivity contribution >= 4 is 27.5 Å². The summed E-state index contributed by atoms with van der Waals surface area (Å²) in [5.74, 6) is 1.41. The fourth-order valence-corrected chi connectivity index (χ4v) is 3.02. The highest BCUT2D eigenvalue weighted by molar-refractivity contribution is 9.10. The number of rotatable bonds is 2. The Morgan fingerprint density at radius 1 is 1.44 bits per heavy atom. The molecule has 88 valence electrons. The smallest absolute Gasteiger partial charge is 0.0413 e. The van der Waals surface area contributed by atoms with Gasteiger partial charge in [0.2, 0.25) is 0 Å². The van der Waals surface area contributed by atoms with Crippen LogP contribution in [-0.4, -0.2) is 10.4 Å². The third kappa shape index (κ3) is 3.21. The molecule has 2 rings (SSSR count). The summed E-state index contributed by atoms with van der Waals surface area (Å²) in [5, 5.41) is 0.335. The minimum atomic E-state index is 0.335. The summed E-state index contributed by atoms with van der Waals surface area (Å²) in [7, 11) is 0. The third-order valence-electron chi connectivity index (χ3n) is 3.41. The first-order chi connectivity index (χ1) is 7.65. The Morgan fingerprint density at radius 3 is 2.94 bits per heavy atom. The van der Waals surface area contributed by atoms with E-state index in [1.165, 1.54) is 12.8 Å². The quantitative estimate of drug-likeness (QED) is 0.736. The van der Waals surface area contributed by atoms with Crippen LogP contribution >= 0.6 is 27.5 Å². The number of alkyl halides is 1. The summed E-state index contributed by atoms with van der Waals surface area (Å²) in [6, 6.07) is 4.14. The van der Waals surface area contributed by atoms with Gasteiger partial charge in [0, 0.05) is 21.7 Å². The van der Waals surface area contributed by atoms with E-state index in [0.29, 0.717) is 11.3 Å². The highest BCUT2D eigenvalue weighted by atomic mass is 79.9. The van der Waals surface area contributed by atoms with Gasteiger partial charge in [-0.05, 0) is 65.6 Å². The molecule has 0 aliphatic heterocycles. The number of hydrogen-bond acceptors (Lipinski definition) is 1. The minimum Gasteiger partial charge on any atom is -0.260 e. The maximum Gasteiger partial charge on any atom is 0.0413 e. The van der Waals surface area contributed by atoms with Crippen LogP contribution in [0, 0.1) is 11.8 Å². The van der Waals surface area contributed by atoms with E-state index < -0.39 is 0 Å². The Morgan fingerprint density at radius 2 is 2.25 bits per heavy atom. The van der Waals surface area contributed by atoms with Crippen molar-refractivity contribution in [2.24, 2.45) is 11.8 Å². The molecule has 3 unspecified atom stereocenters. The Kier molecular flexibility index (Phi) is 4.26. The van der Waals surface area contributed by atoms with Gasteiger partial charge in [-0.1, -0.05) is 6.92 Å². The van der Waals surface area contributed by atoms with E-state index in [-0.39, 0.29) is 0 Å². The van der Waals surface area contributed by atoms with Crippen LogP contribution < -0.4 is 0 Å². The zero-order valence-electron chi connectivity index (χ0n) is 9.50. The molecule has 3 atom stereocenters. The van der Waals surface area contributed by atoms with E-state index in [0.717, 1.165) is 28.9 Å². The van der Waals surface area contributed by atoms with Crippen LogP contribution in [0.4, 0.5) is 0 Å². The molecule has 16 heavy (non-hydrogen) atoms. The maximum absolute atomic E-state index is 6.39. The number of aromatic nitrogens is 1. The Balaban J connectivity index is 2.00. The molecule has 1 fully saturated rings. The lowest BCUT2D eigenvalue weighted by atomic mass is 9.80. The van der Waals surface area contributed by atoms with Crippen LogP contribution in [0.3, 0.4) is 0 Å². The Labute approximate surface area is 111 Å². The lowest BCUT2D eigenvalue weighted by molar-refractivity contribution is 0.285. The molecule has 0 aromatic carbocycles. The average Bonchev–Trinajstić information content (AvgIpc) is 2.27. The van der Waals surface area contributed by atoms with Crippen molar-refractivity contribution in [3.8, 4) is 0 Å². The zero-order valence-corrected chi connectivity index (χ0v) is 11.8. The number of halogens is 2. The molecule has 0 spiro atoms. The molecule has 1 saturated carbocycles. The molecular formula is C13H17BrClN. The van der Waals surface area contributed by atoms with Gasteiger partial charge in [0.25, 0.3) is 0 Å². The van der Waals surface area contributed by atoms with E-state index in [1.54, 1.807) is 0 Å². The lowest BCUT2D eigenvalue weighted by Gasteiger charge is -2.31. The SMILES string of the molecule is CC1CCC(Cl)C(Cc2ccc(Br)cn2)C1. The molecule has 1 aromatic heterocycles. The molecular weight excluding hydrogens is 286 g/mol. The van der Waals surface area contributed by atoms with Crippen LogP contribution in [0.15, 0.2) is 22.8 Å². The van der Waals surface area contributed by atoms with Crippen molar-refractivity contribution in [2.75, 3.05) is 0 Å². The lowest BCUT2D eigenvalue weighted by Crippen LogP contribution is -2.26. The summed E-state index contributed by atoms with van der Waals surface area (Å²) in [4.78, 5) is 4.43. The second-order valence-electron chi connectivity index (χ2n) is 4.87. The molecule has 1 aliphatic rings. The molecule has 1 heterocycles. The van der Waals surface area contributed by atoms with Crippen LogP contribution in [0.1, 0.15) is 31.9 Å². The molecule has 0 N–H and O–H groups in total. The van der Waals surface area contributed by atoms with E-state index >= 15 is 0 Å². The van der Waals surface area contributed by atoms with Crippen molar-refractivity contribution in [1.82, 2.24) is 4.98 Å². The number of pyridine rings is 1. The first kappa shape index (κ1) is 12.4. The summed E-state index contributed by atoms with van der Waals surface area (Å²) in [6.45, 7) is 2.32. The molecule has 0 radical (unpaired) electrons. The van der Waals surface area contributed by atoms with Crippen LogP contribution in [0.25, 0.3) is 0 Å². The van der Waals surface area contributed by atoms with Crippen molar-refractivity contribution < 1.29 is 0 Å². The van der Waals surface area contributed by atoms with Gasteiger partial charge in [-0.2, -0.15) is 0 Å². The van der Waals surface area contributed by atoms with E-state index in [9.17, 15) is 0 Å². The topological polar surface area (TPSA) is 12.9 Å². The predicted molar refractivity (Wildman–Crippen MR) is 71.8 cm³/mol.